The molecule has 3 rings (SSSR count). The van der Waals surface area contributed by atoms with E-state index in [-0.39, 0.29) is 0 Å². The van der Waals surface area contributed by atoms with Crippen LogP contribution in [0.4, 0.5) is 0 Å². The molecular weight excluding hydrogens is 232 g/mol. The van der Waals surface area contributed by atoms with Gasteiger partial charge in [-0.2, -0.15) is 0 Å². The van der Waals surface area contributed by atoms with Crippen LogP contribution in [-0.4, -0.2) is 36.1 Å². The number of piperidine rings is 2. The summed E-state index contributed by atoms with van der Waals surface area (Å²) in [7, 11) is 0. The van der Waals surface area contributed by atoms with E-state index in [0.29, 0.717) is 5.41 Å². The fourth-order valence-corrected chi connectivity index (χ4v) is 4.63. The Morgan fingerprint density at radius 1 is 1.11 bits per heavy atom. The van der Waals surface area contributed by atoms with Crippen LogP contribution in [0.15, 0.2) is 0 Å². The molecule has 1 N–H and O–H groups in total. The van der Waals surface area contributed by atoms with Crippen LogP contribution >= 0.6 is 0 Å². The minimum atomic E-state index is 0.664. The van der Waals surface area contributed by atoms with Gasteiger partial charge in [-0.3, -0.25) is 4.90 Å². The standard InChI is InChI=1S/C17H32N2/c1-3-10-18-14-11-15-6-4-7-16(12-14)19(15)13-17(2)8-5-9-17/h14-16,18H,3-13H2,1-2H3. The van der Waals surface area contributed by atoms with Crippen LogP contribution in [0.5, 0.6) is 0 Å². The number of fused-ring (bicyclic) bond motifs is 2. The average molecular weight is 264 g/mol. The van der Waals surface area contributed by atoms with E-state index in [1.165, 1.54) is 70.9 Å². The van der Waals surface area contributed by atoms with E-state index in [1.54, 1.807) is 0 Å². The van der Waals surface area contributed by atoms with Gasteiger partial charge in [-0.25, -0.2) is 0 Å². The molecule has 3 aliphatic rings. The Labute approximate surface area is 119 Å². The molecule has 19 heavy (non-hydrogen) atoms. The van der Waals surface area contributed by atoms with Gasteiger partial charge in [0.25, 0.3) is 0 Å². The van der Waals surface area contributed by atoms with Crippen molar-refractivity contribution >= 4 is 0 Å². The van der Waals surface area contributed by atoms with E-state index >= 15 is 0 Å². The molecule has 2 nitrogen and oxygen atoms in total. The molecule has 1 saturated carbocycles. The Hall–Kier alpha value is -0.0800. The third-order valence-electron chi connectivity index (χ3n) is 5.93. The molecule has 3 fully saturated rings. The number of hydrogen-bond donors (Lipinski definition) is 1. The van der Waals surface area contributed by atoms with Gasteiger partial charge in [0.1, 0.15) is 0 Å². The molecule has 0 radical (unpaired) electrons. The van der Waals surface area contributed by atoms with Crippen LogP contribution in [0.25, 0.3) is 0 Å². The van der Waals surface area contributed by atoms with Crippen LogP contribution in [0.2, 0.25) is 0 Å². The normalized spacial score (nSPS) is 37.9. The lowest BCUT2D eigenvalue weighted by Gasteiger charge is -2.53. The molecule has 2 atom stereocenters. The lowest BCUT2D eigenvalue weighted by atomic mass is 9.68. The molecule has 2 heteroatoms. The second-order valence-corrected chi connectivity index (χ2v) is 7.70. The van der Waals surface area contributed by atoms with Crippen LogP contribution in [0, 0.1) is 5.41 Å². The van der Waals surface area contributed by atoms with Gasteiger partial charge >= 0.3 is 0 Å². The van der Waals surface area contributed by atoms with E-state index in [9.17, 15) is 0 Å². The van der Waals surface area contributed by atoms with Gasteiger partial charge < -0.3 is 5.32 Å². The summed E-state index contributed by atoms with van der Waals surface area (Å²) in [5, 5.41) is 3.78. The van der Waals surface area contributed by atoms with Crippen LogP contribution in [0.3, 0.4) is 0 Å². The minimum Gasteiger partial charge on any atom is -0.314 e. The van der Waals surface area contributed by atoms with Crippen molar-refractivity contribution in [2.45, 2.75) is 89.8 Å². The van der Waals surface area contributed by atoms with E-state index in [2.05, 4.69) is 24.1 Å². The highest BCUT2D eigenvalue weighted by Crippen LogP contribution is 2.44. The van der Waals surface area contributed by atoms with Crippen LogP contribution in [-0.2, 0) is 0 Å². The number of hydrogen-bond acceptors (Lipinski definition) is 2. The Morgan fingerprint density at radius 2 is 1.79 bits per heavy atom. The molecule has 2 bridgehead atoms. The maximum atomic E-state index is 3.78. The summed E-state index contributed by atoms with van der Waals surface area (Å²) in [6.45, 7) is 7.40. The Morgan fingerprint density at radius 3 is 2.32 bits per heavy atom. The number of rotatable bonds is 5. The van der Waals surface area contributed by atoms with Gasteiger partial charge in [0.15, 0.2) is 0 Å². The maximum Gasteiger partial charge on any atom is 0.0113 e. The zero-order valence-corrected chi connectivity index (χ0v) is 13.0. The molecule has 2 saturated heterocycles. The summed E-state index contributed by atoms with van der Waals surface area (Å²) in [6, 6.07) is 2.58. The zero-order valence-electron chi connectivity index (χ0n) is 13.0. The summed E-state index contributed by atoms with van der Waals surface area (Å²) in [4.78, 5) is 2.92. The number of nitrogens with zero attached hydrogens (tertiary/aromatic N) is 1. The van der Waals surface area contributed by atoms with Crippen molar-refractivity contribution in [1.29, 1.82) is 0 Å². The predicted molar refractivity (Wildman–Crippen MR) is 81.4 cm³/mol. The van der Waals surface area contributed by atoms with Gasteiger partial charge in [0.05, 0.1) is 0 Å². The Balaban J connectivity index is 1.60. The topological polar surface area (TPSA) is 15.3 Å². The Kier molecular flexibility index (Phi) is 4.19. The SMILES string of the molecule is CCCNC1CC2CCCC(C1)N2CC1(C)CCC1. The molecule has 2 heterocycles. The maximum absolute atomic E-state index is 3.78. The van der Waals surface area contributed by atoms with Crippen LogP contribution in [0.1, 0.15) is 71.6 Å². The lowest BCUT2D eigenvalue weighted by Crippen LogP contribution is -2.59. The van der Waals surface area contributed by atoms with E-state index in [0.717, 1.165) is 18.1 Å². The fraction of sp³-hybridized carbons (Fsp3) is 1.00. The highest BCUT2D eigenvalue weighted by Gasteiger charge is 2.42. The molecule has 2 aliphatic heterocycles. The van der Waals surface area contributed by atoms with Crippen molar-refractivity contribution in [1.82, 2.24) is 10.2 Å². The van der Waals surface area contributed by atoms with Gasteiger partial charge in [-0.05, 0) is 56.9 Å². The smallest absolute Gasteiger partial charge is 0.0113 e. The highest BCUT2D eigenvalue weighted by atomic mass is 15.2. The summed E-state index contributed by atoms with van der Waals surface area (Å²) < 4.78 is 0. The summed E-state index contributed by atoms with van der Waals surface area (Å²) in [5.41, 5.74) is 0.664. The first-order valence-corrected chi connectivity index (χ1v) is 8.69. The number of nitrogens with one attached hydrogen (secondary N) is 1. The van der Waals surface area contributed by atoms with E-state index in [4.69, 9.17) is 0 Å². The molecule has 0 spiro atoms. The molecular formula is C17H32N2. The first-order chi connectivity index (χ1) is 9.20. The Bertz CT molecular complexity index is 284. The average Bonchev–Trinajstić information content (AvgIpc) is 2.34. The van der Waals surface area contributed by atoms with Gasteiger partial charge in [0, 0.05) is 24.7 Å². The van der Waals surface area contributed by atoms with E-state index < -0.39 is 0 Å². The molecule has 0 aromatic carbocycles. The highest BCUT2D eigenvalue weighted by molar-refractivity contribution is 4.98. The van der Waals surface area contributed by atoms with Gasteiger partial charge in [-0.1, -0.05) is 26.7 Å². The van der Waals surface area contributed by atoms with Gasteiger partial charge in [-0.15, -0.1) is 0 Å². The monoisotopic (exact) mass is 264 g/mol. The van der Waals surface area contributed by atoms with Crippen molar-refractivity contribution in [2.24, 2.45) is 5.41 Å². The van der Waals surface area contributed by atoms with Gasteiger partial charge in [0.2, 0.25) is 0 Å². The lowest BCUT2D eigenvalue weighted by molar-refractivity contribution is -0.0268. The molecule has 1 aliphatic carbocycles. The zero-order chi connectivity index (χ0) is 13.3. The van der Waals surface area contributed by atoms with Crippen LogP contribution < -0.4 is 5.32 Å². The third kappa shape index (κ3) is 3.00. The summed E-state index contributed by atoms with van der Waals surface area (Å²) >= 11 is 0. The summed E-state index contributed by atoms with van der Waals surface area (Å²) in [6.07, 6.45) is 12.9. The van der Waals surface area contributed by atoms with Crippen molar-refractivity contribution in [2.75, 3.05) is 13.1 Å². The third-order valence-corrected chi connectivity index (χ3v) is 5.93. The molecule has 0 aromatic rings. The van der Waals surface area contributed by atoms with Crippen molar-refractivity contribution < 1.29 is 0 Å². The first-order valence-electron chi connectivity index (χ1n) is 8.69. The second kappa shape index (κ2) is 5.73. The molecule has 0 amide bonds. The second-order valence-electron chi connectivity index (χ2n) is 7.70. The van der Waals surface area contributed by atoms with Crippen molar-refractivity contribution in [3.63, 3.8) is 0 Å². The fourth-order valence-electron chi connectivity index (χ4n) is 4.63. The minimum absolute atomic E-state index is 0.664. The molecule has 0 aromatic heterocycles. The first kappa shape index (κ1) is 13.9. The predicted octanol–water partition coefficient (Wildman–Crippen LogP) is 3.56. The quantitative estimate of drug-likeness (QED) is 0.817. The molecule has 110 valence electrons. The molecule has 2 unspecified atom stereocenters. The van der Waals surface area contributed by atoms with Crippen molar-refractivity contribution in [3.8, 4) is 0 Å². The largest absolute Gasteiger partial charge is 0.314 e. The van der Waals surface area contributed by atoms with E-state index in [1.807, 2.05) is 0 Å². The summed E-state index contributed by atoms with van der Waals surface area (Å²) in [5.74, 6) is 0. The van der Waals surface area contributed by atoms with Crippen molar-refractivity contribution in [3.05, 3.63) is 0 Å².